The zero-order valence-corrected chi connectivity index (χ0v) is 15.0. The Kier molecular flexibility index (Phi) is 5.23. The van der Waals surface area contributed by atoms with Crippen LogP contribution in [0.15, 0.2) is 11.1 Å². The lowest BCUT2D eigenvalue weighted by Crippen LogP contribution is -2.45. The summed E-state index contributed by atoms with van der Waals surface area (Å²) in [5, 5.41) is 9.12. The first-order chi connectivity index (χ1) is 9.81. The Balaban J connectivity index is 2.17. The molecule has 0 heterocycles. The van der Waals surface area contributed by atoms with Crippen molar-refractivity contribution in [1.29, 1.82) is 0 Å². The molecule has 1 heteroatoms. The average Bonchev–Trinajstić information content (AvgIpc) is 2.37. The minimum atomic E-state index is 0.339. The zero-order chi connectivity index (χ0) is 15.7. The first kappa shape index (κ1) is 17.1. The largest absolute Gasteiger partial charge is 0.396 e. The fourth-order valence-corrected chi connectivity index (χ4v) is 5.45. The standard InChI is InChI=1S/C20H36O/c1-15(11-14-21)7-9-17-16(2)8-10-18-19(3,4)12-6-13-20(17,18)5/h15,18,21H,6-14H2,1-5H3/t15-,18?,20-/m1/s1. The highest BCUT2D eigenvalue weighted by Gasteiger charge is 2.49. The maximum absolute atomic E-state index is 9.12. The van der Waals surface area contributed by atoms with Crippen LogP contribution >= 0.6 is 0 Å². The van der Waals surface area contributed by atoms with Gasteiger partial charge in [-0.1, -0.05) is 45.3 Å². The summed E-state index contributed by atoms with van der Waals surface area (Å²) < 4.78 is 0. The third-order valence-corrected chi connectivity index (χ3v) is 6.75. The second-order valence-corrected chi connectivity index (χ2v) is 8.77. The number of rotatable bonds is 5. The van der Waals surface area contributed by atoms with E-state index in [1.54, 1.807) is 11.1 Å². The second kappa shape index (κ2) is 6.44. The van der Waals surface area contributed by atoms with Gasteiger partial charge < -0.3 is 5.11 Å². The van der Waals surface area contributed by atoms with Crippen molar-refractivity contribution in [2.24, 2.45) is 22.7 Å². The van der Waals surface area contributed by atoms with Crippen LogP contribution in [-0.4, -0.2) is 11.7 Å². The molecule has 1 nitrogen and oxygen atoms in total. The molecule has 21 heavy (non-hydrogen) atoms. The summed E-state index contributed by atoms with van der Waals surface area (Å²) in [7, 11) is 0. The van der Waals surface area contributed by atoms with E-state index < -0.39 is 0 Å². The molecule has 1 unspecified atom stereocenters. The van der Waals surface area contributed by atoms with E-state index in [1.165, 1.54) is 44.9 Å². The Morgan fingerprint density at radius 1 is 1.19 bits per heavy atom. The van der Waals surface area contributed by atoms with Gasteiger partial charge in [0, 0.05) is 6.61 Å². The molecule has 0 spiro atoms. The molecule has 0 aliphatic heterocycles. The van der Waals surface area contributed by atoms with Crippen LogP contribution in [0.4, 0.5) is 0 Å². The molecule has 0 amide bonds. The van der Waals surface area contributed by atoms with Gasteiger partial charge in [0.15, 0.2) is 0 Å². The molecule has 1 N–H and O–H groups in total. The van der Waals surface area contributed by atoms with Crippen molar-refractivity contribution < 1.29 is 5.11 Å². The fraction of sp³-hybridized carbons (Fsp3) is 0.900. The third-order valence-electron chi connectivity index (χ3n) is 6.75. The molecule has 122 valence electrons. The number of aliphatic hydroxyl groups is 1. The monoisotopic (exact) mass is 292 g/mol. The summed E-state index contributed by atoms with van der Waals surface area (Å²) in [4.78, 5) is 0. The van der Waals surface area contributed by atoms with Crippen LogP contribution in [0.1, 0.15) is 86.0 Å². The van der Waals surface area contributed by atoms with E-state index >= 15 is 0 Å². The van der Waals surface area contributed by atoms with Gasteiger partial charge in [-0.25, -0.2) is 0 Å². The van der Waals surface area contributed by atoms with Crippen molar-refractivity contribution in [3.05, 3.63) is 11.1 Å². The van der Waals surface area contributed by atoms with Crippen LogP contribution < -0.4 is 0 Å². The summed E-state index contributed by atoms with van der Waals surface area (Å²) >= 11 is 0. The maximum atomic E-state index is 9.12. The summed E-state index contributed by atoms with van der Waals surface area (Å²) in [6, 6.07) is 0. The number of hydrogen-bond donors (Lipinski definition) is 1. The van der Waals surface area contributed by atoms with Gasteiger partial charge in [0.1, 0.15) is 0 Å². The first-order valence-corrected chi connectivity index (χ1v) is 9.11. The fourth-order valence-electron chi connectivity index (χ4n) is 5.45. The summed E-state index contributed by atoms with van der Waals surface area (Å²) in [6.45, 7) is 12.6. The molecular formula is C20H36O. The van der Waals surface area contributed by atoms with E-state index in [2.05, 4.69) is 34.6 Å². The topological polar surface area (TPSA) is 20.2 Å². The molecule has 0 aromatic rings. The smallest absolute Gasteiger partial charge is 0.0433 e. The summed E-state index contributed by atoms with van der Waals surface area (Å²) in [5.74, 6) is 1.52. The molecule has 1 fully saturated rings. The van der Waals surface area contributed by atoms with Crippen LogP contribution in [0.3, 0.4) is 0 Å². The van der Waals surface area contributed by atoms with Crippen molar-refractivity contribution in [3.63, 3.8) is 0 Å². The Labute approximate surface area is 132 Å². The molecule has 0 radical (unpaired) electrons. The highest BCUT2D eigenvalue weighted by Crippen LogP contribution is 2.60. The van der Waals surface area contributed by atoms with Crippen LogP contribution in [0.2, 0.25) is 0 Å². The lowest BCUT2D eigenvalue weighted by molar-refractivity contribution is 0.00989. The lowest BCUT2D eigenvalue weighted by Gasteiger charge is -2.55. The summed E-state index contributed by atoms with van der Waals surface area (Å²) in [5.41, 5.74) is 4.43. The van der Waals surface area contributed by atoms with Gasteiger partial charge in [-0.05, 0) is 74.5 Å². The number of hydrogen-bond acceptors (Lipinski definition) is 1. The van der Waals surface area contributed by atoms with Crippen molar-refractivity contribution in [2.45, 2.75) is 86.0 Å². The van der Waals surface area contributed by atoms with Gasteiger partial charge in [0.2, 0.25) is 0 Å². The molecule has 0 aromatic heterocycles. The molecule has 0 saturated heterocycles. The van der Waals surface area contributed by atoms with Crippen molar-refractivity contribution in [1.82, 2.24) is 0 Å². The normalized spacial score (nSPS) is 33.7. The molecule has 0 bridgehead atoms. The number of aliphatic hydroxyl groups excluding tert-OH is 1. The Morgan fingerprint density at radius 3 is 2.57 bits per heavy atom. The Bertz CT molecular complexity index is 393. The maximum Gasteiger partial charge on any atom is 0.0433 e. The van der Waals surface area contributed by atoms with Gasteiger partial charge in [-0.15, -0.1) is 0 Å². The molecular weight excluding hydrogens is 256 g/mol. The van der Waals surface area contributed by atoms with Crippen molar-refractivity contribution in [3.8, 4) is 0 Å². The van der Waals surface area contributed by atoms with Gasteiger partial charge in [-0.3, -0.25) is 0 Å². The van der Waals surface area contributed by atoms with Gasteiger partial charge in [-0.2, -0.15) is 0 Å². The third kappa shape index (κ3) is 3.38. The Hall–Kier alpha value is -0.300. The van der Waals surface area contributed by atoms with E-state index in [4.69, 9.17) is 5.11 Å². The van der Waals surface area contributed by atoms with E-state index in [1.807, 2.05) is 0 Å². The van der Waals surface area contributed by atoms with Crippen LogP contribution in [-0.2, 0) is 0 Å². The minimum Gasteiger partial charge on any atom is -0.396 e. The predicted octanol–water partition coefficient (Wildman–Crippen LogP) is 5.73. The molecule has 2 rings (SSSR count). The van der Waals surface area contributed by atoms with Crippen LogP contribution in [0.25, 0.3) is 0 Å². The highest BCUT2D eigenvalue weighted by molar-refractivity contribution is 5.27. The number of fused-ring (bicyclic) bond motifs is 1. The predicted molar refractivity (Wildman–Crippen MR) is 91.3 cm³/mol. The molecule has 2 aliphatic carbocycles. The van der Waals surface area contributed by atoms with Crippen molar-refractivity contribution in [2.75, 3.05) is 6.61 Å². The number of allylic oxidation sites excluding steroid dienone is 2. The molecule has 0 aromatic carbocycles. The zero-order valence-electron chi connectivity index (χ0n) is 15.0. The first-order valence-electron chi connectivity index (χ1n) is 9.11. The summed E-state index contributed by atoms with van der Waals surface area (Å²) in [6.07, 6.45) is 10.4. The second-order valence-electron chi connectivity index (χ2n) is 8.77. The van der Waals surface area contributed by atoms with Crippen LogP contribution in [0.5, 0.6) is 0 Å². The highest BCUT2D eigenvalue weighted by atomic mass is 16.3. The quantitative estimate of drug-likeness (QED) is 0.642. The van der Waals surface area contributed by atoms with E-state index in [0.29, 0.717) is 23.4 Å². The minimum absolute atomic E-state index is 0.339. The average molecular weight is 293 g/mol. The van der Waals surface area contributed by atoms with Crippen molar-refractivity contribution >= 4 is 0 Å². The van der Waals surface area contributed by atoms with E-state index in [0.717, 1.165) is 12.3 Å². The van der Waals surface area contributed by atoms with Crippen LogP contribution in [0, 0.1) is 22.7 Å². The van der Waals surface area contributed by atoms with Gasteiger partial charge >= 0.3 is 0 Å². The van der Waals surface area contributed by atoms with Gasteiger partial charge in [0.05, 0.1) is 0 Å². The SMILES string of the molecule is CC1=C(CC[C@@H](C)CCO)[C@@]2(C)CCCC(C)(C)C2CC1. The molecule has 1 saturated carbocycles. The van der Waals surface area contributed by atoms with Gasteiger partial charge in [0.25, 0.3) is 0 Å². The lowest BCUT2D eigenvalue weighted by atomic mass is 9.50. The molecule has 3 atom stereocenters. The molecule has 2 aliphatic rings. The van der Waals surface area contributed by atoms with E-state index in [9.17, 15) is 0 Å². The van der Waals surface area contributed by atoms with E-state index in [-0.39, 0.29) is 0 Å². The Morgan fingerprint density at radius 2 is 1.90 bits per heavy atom.